The maximum Gasteiger partial charge on any atom is 0.153 e. The lowest BCUT2D eigenvalue weighted by Gasteiger charge is -2.51. The summed E-state index contributed by atoms with van der Waals surface area (Å²) in [5.41, 5.74) is 5.98. The number of quaternary nitrogens is 1. The monoisotopic (exact) mass is 142 g/mol. The van der Waals surface area contributed by atoms with Crippen molar-refractivity contribution in [3.05, 3.63) is 0 Å². The topological polar surface area (TPSA) is 29.3 Å². The second kappa shape index (κ2) is 1.94. The van der Waals surface area contributed by atoms with Gasteiger partial charge in [-0.1, -0.05) is 0 Å². The standard InChI is InChI=1S/C7H16N3/c1-10-4-2-9(3-5-10)6-7(10)8/h7H,2-6,8H2,1H3/q+1. The fourth-order valence-electron chi connectivity index (χ4n) is 1.94. The molecule has 0 spiro atoms. The van der Waals surface area contributed by atoms with Crippen LogP contribution in [0, 0.1) is 0 Å². The summed E-state index contributed by atoms with van der Waals surface area (Å²) >= 11 is 0. The van der Waals surface area contributed by atoms with Crippen molar-refractivity contribution >= 4 is 0 Å². The van der Waals surface area contributed by atoms with E-state index < -0.39 is 0 Å². The smallest absolute Gasteiger partial charge is 0.153 e. The van der Waals surface area contributed by atoms with E-state index in [4.69, 9.17) is 5.73 Å². The Kier molecular flexibility index (Phi) is 1.27. The van der Waals surface area contributed by atoms with Crippen LogP contribution in [0.2, 0.25) is 0 Å². The van der Waals surface area contributed by atoms with Gasteiger partial charge in [0.1, 0.15) is 0 Å². The fourth-order valence-corrected chi connectivity index (χ4v) is 1.94. The van der Waals surface area contributed by atoms with E-state index in [9.17, 15) is 0 Å². The first kappa shape index (κ1) is 6.58. The first-order valence-corrected chi connectivity index (χ1v) is 4.03. The number of hydrogen-bond donors (Lipinski definition) is 1. The van der Waals surface area contributed by atoms with Crippen molar-refractivity contribution in [1.82, 2.24) is 4.90 Å². The third kappa shape index (κ3) is 0.779. The lowest BCUT2D eigenvalue weighted by molar-refractivity contribution is -0.946. The van der Waals surface area contributed by atoms with Crippen molar-refractivity contribution in [3.8, 4) is 0 Å². The molecule has 3 saturated heterocycles. The second-order valence-electron chi connectivity index (χ2n) is 3.79. The largest absolute Gasteiger partial charge is 0.308 e. The summed E-state index contributed by atoms with van der Waals surface area (Å²) in [6, 6.07) is 0. The van der Waals surface area contributed by atoms with Crippen molar-refractivity contribution in [2.75, 3.05) is 39.8 Å². The first-order chi connectivity index (χ1) is 4.71. The third-order valence-corrected chi connectivity index (χ3v) is 3.10. The molecule has 2 bridgehead atoms. The number of nitrogens with two attached hydrogens (primary N) is 1. The van der Waals surface area contributed by atoms with Gasteiger partial charge in [-0.2, -0.15) is 0 Å². The molecule has 0 aromatic rings. The van der Waals surface area contributed by atoms with Gasteiger partial charge in [-0.3, -0.25) is 10.6 Å². The maximum atomic E-state index is 5.98. The molecule has 3 heterocycles. The Hall–Kier alpha value is -0.120. The highest BCUT2D eigenvalue weighted by atomic mass is 15.5. The van der Waals surface area contributed by atoms with Gasteiger partial charge < -0.3 is 4.48 Å². The summed E-state index contributed by atoms with van der Waals surface area (Å²) in [6.07, 6.45) is 0.377. The predicted molar refractivity (Wildman–Crippen MR) is 40.3 cm³/mol. The fraction of sp³-hybridized carbons (Fsp3) is 1.00. The Bertz CT molecular complexity index is 138. The minimum Gasteiger partial charge on any atom is -0.308 e. The van der Waals surface area contributed by atoms with Crippen LogP contribution in [0.15, 0.2) is 0 Å². The van der Waals surface area contributed by atoms with E-state index in [1.165, 1.54) is 26.2 Å². The molecule has 0 aromatic carbocycles. The summed E-state index contributed by atoms with van der Waals surface area (Å²) < 4.78 is 1.11. The highest BCUT2D eigenvalue weighted by Crippen LogP contribution is 2.19. The Morgan fingerprint density at radius 2 is 2.00 bits per heavy atom. The average Bonchev–Trinajstić information content (AvgIpc) is 1.92. The molecule has 10 heavy (non-hydrogen) atoms. The van der Waals surface area contributed by atoms with Crippen LogP contribution in [0.25, 0.3) is 0 Å². The van der Waals surface area contributed by atoms with Crippen molar-refractivity contribution in [1.29, 1.82) is 0 Å². The van der Waals surface area contributed by atoms with E-state index in [1.54, 1.807) is 0 Å². The van der Waals surface area contributed by atoms with Crippen LogP contribution in [-0.2, 0) is 0 Å². The van der Waals surface area contributed by atoms with E-state index in [1.807, 2.05) is 0 Å². The van der Waals surface area contributed by atoms with Crippen LogP contribution in [0.4, 0.5) is 0 Å². The summed E-state index contributed by atoms with van der Waals surface area (Å²) in [6.45, 7) is 6.12. The lowest BCUT2D eigenvalue weighted by Crippen LogP contribution is -2.73. The van der Waals surface area contributed by atoms with Gasteiger partial charge in [-0.25, -0.2) is 0 Å². The molecule has 3 aliphatic rings. The van der Waals surface area contributed by atoms with Crippen molar-refractivity contribution < 1.29 is 4.48 Å². The second-order valence-corrected chi connectivity index (χ2v) is 3.79. The molecular weight excluding hydrogens is 126 g/mol. The number of rotatable bonds is 0. The van der Waals surface area contributed by atoms with Crippen LogP contribution in [0.5, 0.6) is 0 Å². The predicted octanol–water partition coefficient (Wildman–Crippen LogP) is -0.953. The molecule has 3 nitrogen and oxygen atoms in total. The molecule has 3 rings (SSSR count). The number of fused-ring (bicyclic) bond motifs is 3. The minimum atomic E-state index is 0.377. The third-order valence-electron chi connectivity index (χ3n) is 3.10. The van der Waals surface area contributed by atoms with E-state index in [0.717, 1.165) is 11.0 Å². The molecule has 58 valence electrons. The van der Waals surface area contributed by atoms with Gasteiger partial charge in [0.15, 0.2) is 6.17 Å². The van der Waals surface area contributed by atoms with Gasteiger partial charge in [0, 0.05) is 13.1 Å². The van der Waals surface area contributed by atoms with Gasteiger partial charge in [0.05, 0.1) is 26.7 Å². The van der Waals surface area contributed by atoms with E-state index in [2.05, 4.69) is 11.9 Å². The SMILES string of the molecule is C[N+]12CCN(CC1)CC2N. The number of likely N-dealkylation sites (N-methyl/N-ethyl adjacent to an activating group) is 1. The number of piperazine rings is 3. The molecule has 0 aliphatic carbocycles. The Morgan fingerprint density at radius 1 is 1.40 bits per heavy atom. The molecule has 3 fully saturated rings. The Morgan fingerprint density at radius 3 is 2.30 bits per heavy atom. The average molecular weight is 142 g/mol. The molecule has 1 unspecified atom stereocenters. The van der Waals surface area contributed by atoms with E-state index >= 15 is 0 Å². The molecule has 0 radical (unpaired) electrons. The Balaban J connectivity index is 2.17. The van der Waals surface area contributed by atoms with Gasteiger partial charge in [0.2, 0.25) is 0 Å². The summed E-state index contributed by atoms with van der Waals surface area (Å²) in [5, 5.41) is 0. The van der Waals surface area contributed by atoms with Crippen LogP contribution in [0.3, 0.4) is 0 Å². The van der Waals surface area contributed by atoms with Crippen LogP contribution in [-0.4, -0.2) is 55.3 Å². The maximum absolute atomic E-state index is 5.98. The van der Waals surface area contributed by atoms with Crippen molar-refractivity contribution in [2.24, 2.45) is 5.73 Å². The molecule has 3 aliphatic heterocycles. The highest BCUT2D eigenvalue weighted by Gasteiger charge is 2.40. The van der Waals surface area contributed by atoms with Crippen LogP contribution >= 0.6 is 0 Å². The zero-order valence-electron chi connectivity index (χ0n) is 6.58. The van der Waals surface area contributed by atoms with Gasteiger partial charge in [-0.05, 0) is 0 Å². The zero-order valence-corrected chi connectivity index (χ0v) is 6.58. The molecule has 3 heteroatoms. The molecule has 0 saturated carbocycles. The van der Waals surface area contributed by atoms with E-state index in [-0.39, 0.29) is 0 Å². The lowest BCUT2D eigenvalue weighted by atomic mass is 10.1. The minimum absolute atomic E-state index is 0.377. The molecule has 2 N–H and O–H groups in total. The summed E-state index contributed by atoms with van der Waals surface area (Å²) in [5.74, 6) is 0. The first-order valence-electron chi connectivity index (χ1n) is 4.03. The zero-order chi connectivity index (χ0) is 7.19. The van der Waals surface area contributed by atoms with Crippen molar-refractivity contribution in [3.63, 3.8) is 0 Å². The molecule has 0 amide bonds. The summed E-state index contributed by atoms with van der Waals surface area (Å²) in [4.78, 5) is 2.47. The van der Waals surface area contributed by atoms with Gasteiger partial charge in [-0.15, -0.1) is 0 Å². The molecule has 0 aromatic heterocycles. The van der Waals surface area contributed by atoms with Gasteiger partial charge >= 0.3 is 0 Å². The van der Waals surface area contributed by atoms with Gasteiger partial charge in [0.25, 0.3) is 0 Å². The van der Waals surface area contributed by atoms with Crippen LogP contribution in [0.1, 0.15) is 0 Å². The van der Waals surface area contributed by atoms with E-state index in [0.29, 0.717) is 6.17 Å². The Labute approximate surface area is 62.0 Å². The normalized spacial score (nSPS) is 53.4. The number of nitrogens with zero attached hydrogens (tertiary/aromatic N) is 2. The molecular formula is C7H16N3+. The summed E-state index contributed by atoms with van der Waals surface area (Å²) in [7, 11) is 2.28. The number of hydrogen-bond acceptors (Lipinski definition) is 2. The van der Waals surface area contributed by atoms with Crippen LogP contribution < -0.4 is 5.73 Å². The van der Waals surface area contributed by atoms with Crippen molar-refractivity contribution in [2.45, 2.75) is 6.17 Å². The highest BCUT2D eigenvalue weighted by molar-refractivity contribution is 4.74. The molecule has 1 atom stereocenters. The quantitative estimate of drug-likeness (QED) is 0.442.